The van der Waals surface area contributed by atoms with Gasteiger partial charge < -0.3 is 14.9 Å². The van der Waals surface area contributed by atoms with Gasteiger partial charge in [0.2, 0.25) is 0 Å². The first-order valence-corrected chi connectivity index (χ1v) is 5.69. The second kappa shape index (κ2) is 5.40. The Bertz CT molecular complexity index is 500. The van der Waals surface area contributed by atoms with Gasteiger partial charge in [0.25, 0.3) is 0 Å². The molecule has 4 nitrogen and oxygen atoms in total. The maximum Gasteiger partial charge on any atom is 0.150 e. The van der Waals surface area contributed by atoms with Crippen LogP contribution in [0.1, 0.15) is 11.3 Å². The summed E-state index contributed by atoms with van der Waals surface area (Å²) >= 11 is 11.7. The first kappa shape index (κ1) is 12.2. The van der Waals surface area contributed by atoms with Crippen LogP contribution in [0.15, 0.2) is 28.9 Å². The summed E-state index contributed by atoms with van der Waals surface area (Å²) in [4.78, 5) is 0. The van der Waals surface area contributed by atoms with Crippen molar-refractivity contribution in [2.24, 2.45) is 0 Å². The van der Waals surface area contributed by atoms with Gasteiger partial charge in [-0.05, 0) is 12.1 Å². The van der Waals surface area contributed by atoms with Crippen molar-refractivity contribution in [3.05, 3.63) is 45.8 Å². The van der Waals surface area contributed by atoms with Crippen molar-refractivity contribution in [2.45, 2.75) is 13.1 Å². The lowest BCUT2D eigenvalue weighted by molar-refractivity contribution is 0.372. The average molecular weight is 273 g/mol. The van der Waals surface area contributed by atoms with Crippen LogP contribution in [0.3, 0.4) is 0 Å². The average Bonchev–Trinajstić information content (AvgIpc) is 2.78. The molecule has 17 heavy (non-hydrogen) atoms. The summed E-state index contributed by atoms with van der Waals surface area (Å²) in [5.41, 5.74) is 0.641. The molecule has 0 aliphatic heterocycles. The van der Waals surface area contributed by atoms with Crippen molar-refractivity contribution < 1.29 is 9.63 Å². The van der Waals surface area contributed by atoms with Gasteiger partial charge in [-0.1, -0.05) is 28.4 Å². The van der Waals surface area contributed by atoms with E-state index in [1.165, 1.54) is 6.07 Å². The van der Waals surface area contributed by atoms with Crippen molar-refractivity contribution in [1.82, 2.24) is 10.5 Å². The first-order chi connectivity index (χ1) is 8.16. The minimum Gasteiger partial charge on any atom is -0.506 e. The van der Waals surface area contributed by atoms with Gasteiger partial charge >= 0.3 is 0 Å². The number of rotatable bonds is 4. The molecule has 0 bridgehead atoms. The number of hydrogen-bond donors (Lipinski definition) is 2. The van der Waals surface area contributed by atoms with Gasteiger partial charge in [0.1, 0.15) is 11.5 Å². The number of nitrogens with zero attached hydrogens (tertiary/aromatic N) is 1. The zero-order valence-electron chi connectivity index (χ0n) is 8.78. The number of aromatic nitrogens is 1. The number of halogens is 2. The van der Waals surface area contributed by atoms with Gasteiger partial charge in [-0.25, -0.2) is 0 Å². The van der Waals surface area contributed by atoms with Gasteiger partial charge in [-0.15, -0.1) is 0 Å². The second-order valence-electron chi connectivity index (χ2n) is 3.48. The van der Waals surface area contributed by atoms with Crippen molar-refractivity contribution >= 4 is 23.2 Å². The van der Waals surface area contributed by atoms with E-state index in [2.05, 4.69) is 10.5 Å². The third kappa shape index (κ3) is 3.12. The summed E-state index contributed by atoms with van der Waals surface area (Å²) in [6, 6.07) is 4.92. The number of phenols is 1. The molecule has 1 aromatic heterocycles. The van der Waals surface area contributed by atoms with E-state index >= 15 is 0 Å². The highest BCUT2D eigenvalue weighted by Crippen LogP contribution is 2.30. The summed E-state index contributed by atoms with van der Waals surface area (Å²) in [7, 11) is 0. The molecule has 0 aliphatic rings. The fraction of sp³-hybridized carbons (Fsp3) is 0.182. The summed E-state index contributed by atoms with van der Waals surface area (Å²) in [6.45, 7) is 0.955. The fourth-order valence-electron chi connectivity index (χ4n) is 1.41. The number of nitrogens with one attached hydrogen (secondary N) is 1. The van der Waals surface area contributed by atoms with E-state index in [9.17, 15) is 5.11 Å². The minimum atomic E-state index is 0.0427. The Morgan fingerprint density at radius 3 is 2.82 bits per heavy atom. The van der Waals surface area contributed by atoms with Crippen LogP contribution in [0.5, 0.6) is 5.75 Å². The van der Waals surface area contributed by atoms with E-state index in [0.29, 0.717) is 23.7 Å². The zero-order chi connectivity index (χ0) is 12.3. The molecule has 0 fully saturated rings. The fourth-order valence-corrected chi connectivity index (χ4v) is 1.94. The minimum absolute atomic E-state index is 0.0427. The summed E-state index contributed by atoms with van der Waals surface area (Å²) in [5.74, 6) is 0.763. The molecule has 2 N–H and O–H groups in total. The maximum atomic E-state index is 9.71. The number of phenolic OH excluding ortho intramolecular Hbond substituents is 1. The largest absolute Gasteiger partial charge is 0.506 e. The molecule has 1 aromatic carbocycles. The van der Waals surface area contributed by atoms with Crippen LogP contribution >= 0.6 is 23.2 Å². The van der Waals surface area contributed by atoms with Crippen LogP contribution < -0.4 is 5.32 Å². The zero-order valence-corrected chi connectivity index (χ0v) is 10.3. The summed E-state index contributed by atoms with van der Waals surface area (Å²) < 4.78 is 4.92. The predicted molar refractivity (Wildman–Crippen MR) is 65.2 cm³/mol. The highest BCUT2D eigenvalue weighted by atomic mass is 35.5. The van der Waals surface area contributed by atoms with Crippen LogP contribution in [-0.4, -0.2) is 10.3 Å². The van der Waals surface area contributed by atoms with Crippen molar-refractivity contribution in [3.63, 3.8) is 0 Å². The predicted octanol–water partition coefficient (Wildman–Crippen LogP) is 2.98. The van der Waals surface area contributed by atoms with Gasteiger partial charge in [0.05, 0.1) is 17.8 Å². The Hall–Kier alpha value is -1.23. The Morgan fingerprint density at radius 2 is 2.12 bits per heavy atom. The van der Waals surface area contributed by atoms with E-state index in [1.807, 2.05) is 0 Å². The lowest BCUT2D eigenvalue weighted by atomic mass is 10.2. The van der Waals surface area contributed by atoms with E-state index in [1.54, 1.807) is 18.3 Å². The monoisotopic (exact) mass is 272 g/mol. The smallest absolute Gasteiger partial charge is 0.150 e. The highest BCUT2D eigenvalue weighted by molar-refractivity contribution is 6.35. The molecule has 0 atom stereocenters. The van der Waals surface area contributed by atoms with E-state index in [0.717, 1.165) is 5.76 Å². The lowest BCUT2D eigenvalue weighted by Gasteiger charge is -2.07. The van der Waals surface area contributed by atoms with Crippen LogP contribution in [0.4, 0.5) is 0 Å². The van der Waals surface area contributed by atoms with Gasteiger partial charge in [0, 0.05) is 23.2 Å². The van der Waals surface area contributed by atoms with Gasteiger partial charge in [-0.3, -0.25) is 0 Å². The number of benzene rings is 1. The molecule has 0 saturated carbocycles. The number of hydrogen-bond acceptors (Lipinski definition) is 4. The van der Waals surface area contributed by atoms with E-state index in [-0.39, 0.29) is 10.8 Å². The van der Waals surface area contributed by atoms with E-state index < -0.39 is 0 Å². The molecule has 1 heterocycles. The summed E-state index contributed by atoms with van der Waals surface area (Å²) in [6.07, 6.45) is 1.57. The lowest BCUT2D eigenvalue weighted by Crippen LogP contribution is -2.12. The highest BCUT2D eigenvalue weighted by Gasteiger charge is 2.07. The third-order valence-electron chi connectivity index (χ3n) is 2.21. The molecular weight excluding hydrogens is 263 g/mol. The maximum absolute atomic E-state index is 9.71. The van der Waals surface area contributed by atoms with Gasteiger partial charge in [-0.2, -0.15) is 0 Å². The molecule has 0 spiro atoms. The Kier molecular flexibility index (Phi) is 3.89. The van der Waals surface area contributed by atoms with Crippen molar-refractivity contribution in [3.8, 4) is 5.75 Å². The molecule has 90 valence electrons. The molecule has 0 aliphatic carbocycles. The van der Waals surface area contributed by atoms with Crippen molar-refractivity contribution in [1.29, 1.82) is 0 Å². The molecule has 2 aromatic rings. The Labute approximate surface area is 108 Å². The molecule has 0 saturated heterocycles. The van der Waals surface area contributed by atoms with Gasteiger partial charge in [0.15, 0.2) is 0 Å². The van der Waals surface area contributed by atoms with Crippen LogP contribution in [0.2, 0.25) is 10.0 Å². The molecule has 0 radical (unpaired) electrons. The number of aromatic hydroxyl groups is 1. The normalized spacial score (nSPS) is 10.7. The van der Waals surface area contributed by atoms with E-state index in [4.69, 9.17) is 27.7 Å². The van der Waals surface area contributed by atoms with Crippen LogP contribution in [0, 0.1) is 0 Å². The SMILES string of the molecule is Oc1c(Cl)cc(Cl)cc1CNCc1ccno1. The third-order valence-corrected chi connectivity index (χ3v) is 2.72. The molecule has 6 heteroatoms. The molecule has 2 rings (SSSR count). The standard InChI is InChI=1S/C11H10Cl2N2O2/c12-8-3-7(11(16)10(13)4-8)5-14-6-9-1-2-15-17-9/h1-4,14,16H,5-6H2. The van der Waals surface area contributed by atoms with Crippen LogP contribution in [0.25, 0.3) is 0 Å². The first-order valence-electron chi connectivity index (χ1n) is 4.94. The quantitative estimate of drug-likeness (QED) is 0.899. The van der Waals surface area contributed by atoms with Crippen molar-refractivity contribution in [2.75, 3.05) is 0 Å². The second-order valence-corrected chi connectivity index (χ2v) is 4.32. The Morgan fingerprint density at radius 1 is 1.29 bits per heavy atom. The summed E-state index contributed by atoms with van der Waals surface area (Å²) in [5, 5.41) is 17.1. The van der Waals surface area contributed by atoms with Crippen LogP contribution in [-0.2, 0) is 13.1 Å². The molecular formula is C11H10Cl2N2O2. The Balaban J connectivity index is 1.99. The molecule has 0 unspecified atom stereocenters. The topological polar surface area (TPSA) is 58.3 Å². The molecule has 0 amide bonds.